The lowest BCUT2D eigenvalue weighted by atomic mass is 9.81. The summed E-state index contributed by atoms with van der Waals surface area (Å²) in [5.41, 5.74) is 13.5. The van der Waals surface area contributed by atoms with Gasteiger partial charge < -0.3 is 4.98 Å². The summed E-state index contributed by atoms with van der Waals surface area (Å²) in [5, 5.41) is 6.75. The van der Waals surface area contributed by atoms with Crippen molar-refractivity contribution in [1.82, 2.24) is 4.98 Å². The quantitative estimate of drug-likeness (QED) is 0.219. The van der Waals surface area contributed by atoms with Crippen LogP contribution in [-0.4, -0.2) is 4.98 Å². The highest BCUT2D eigenvalue weighted by molar-refractivity contribution is 6.17. The molecule has 0 unspecified atom stereocenters. The molecule has 1 N–H and O–H groups in total. The smallest absolute Gasteiger partial charge is 0.0817 e. The molecule has 2 aliphatic heterocycles. The van der Waals surface area contributed by atoms with Gasteiger partial charge in [0, 0.05) is 49.0 Å². The molecule has 0 atom stereocenters. The van der Waals surface area contributed by atoms with Crippen molar-refractivity contribution in [2.75, 3.05) is 0 Å². The van der Waals surface area contributed by atoms with Gasteiger partial charge in [0.1, 0.15) is 0 Å². The molecule has 1 aromatic heterocycles. The topological polar surface area (TPSA) is 40.5 Å². The van der Waals surface area contributed by atoms with E-state index in [0.717, 1.165) is 66.2 Å². The number of para-hydroxylation sites is 3. The van der Waals surface area contributed by atoms with E-state index >= 15 is 0 Å². The Morgan fingerprint density at radius 3 is 2.02 bits per heavy atom. The van der Waals surface area contributed by atoms with E-state index in [0.29, 0.717) is 0 Å². The number of fused-ring (bicyclic) bond motifs is 9. The van der Waals surface area contributed by atoms with Crippen molar-refractivity contribution in [3.63, 3.8) is 0 Å². The Balaban J connectivity index is 1.43. The van der Waals surface area contributed by atoms with Crippen LogP contribution in [-0.2, 0) is 0 Å². The molecular weight excluding hydrogens is 546 g/mol. The third kappa shape index (κ3) is 3.46. The fraction of sp³-hybridized carbons (Fsp3) is 0. The first-order valence-corrected chi connectivity index (χ1v) is 15.4. The fourth-order valence-corrected chi connectivity index (χ4v) is 7.41. The maximum absolute atomic E-state index is 5.32. The molecule has 3 heteroatoms. The second-order valence-electron chi connectivity index (χ2n) is 11.8. The monoisotopic (exact) mass is 571 g/mol. The van der Waals surface area contributed by atoms with Crippen LogP contribution >= 0.6 is 0 Å². The van der Waals surface area contributed by atoms with Gasteiger partial charge in [-0.2, -0.15) is 0 Å². The van der Waals surface area contributed by atoms with Crippen LogP contribution in [0.1, 0.15) is 0 Å². The zero-order chi connectivity index (χ0) is 29.5. The van der Waals surface area contributed by atoms with E-state index in [9.17, 15) is 0 Å². The molecule has 7 aromatic carbocycles. The van der Waals surface area contributed by atoms with Gasteiger partial charge in [-0.3, -0.25) is 0 Å². The largest absolute Gasteiger partial charge is 0.354 e. The normalized spacial score (nSPS) is 12.4. The molecule has 10 rings (SSSR count). The summed E-state index contributed by atoms with van der Waals surface area (Å²) >= 11 is 0. The molecule has 45 heavy (non-hydrogen) atoms. The summed E-state index contributed by atoms with van der Waals surface area (Å²) in [6, 6.07) is 51.9. The summed E-state index contributed by atoms with van der Waals surface area (Å²) in [5.74, 6) is 0. The molecular formula is C42H25N3. The van der Waals surface area contributed by atoms with Crippen LogP contribution in [0.5, 0.6) is 0 Å². The number of nitrogens with zero attached hydrogens (tertiary/aromatic N) is 2. The van der Waals surface area contributed by atoms with Crippen LogP contribution in [0.4, 0.5) is 11.4 Å². The summed E-state index contributed by atoms with van der Waals surface area (Å²) < 4.78 is 0. The van der Waals surface area contributed by atoms with E-state index in [2.05, 4.69) is 151 Å². The first-order chi connectivity index (χ1) is 22.3. The lowest BCUT2D eigenvalue weighted by Crippen LogP contribution is -2.02. The number of hydrogen-bond donors (Lipinski definition) is 1. The highest BCUT2D eigenvalue weighted by atomic mass is 14.8. The Kier molecular flexibility index (Phi) is 5.00. The van der Waals surface area contributed by atoms with Crippen molar-refractivity contribution in [3.8, 4) is 44.5 Å². The lowest BCUT2D eigenvalue weighted by Gasteiger charge is -2.21. The number of aromatic nitrogens is 1. The van der Waals surface area contributed by atoms with E-state index in [1.807, 2.05) is 0 Å². The number of nitrogens with one attached hydrogen (secondary N) is 1. The van der Waals surface area contributed by atoms with Crippen molar-refractivity contribution in [2.45, 2.75) is 0 Å². The van der Waals surface area contributed by atoms with Crippen molar-refractivity contribution in [1.29, 1.82) is 0 Å². The van der Waals surface area contributed by atoms with Crippen molar-refractivity contribution >= 4 is 33.2 Å². The second-order valence-corrected chi connectivity index (χ2v) is 11.8. The Morgan fingerprint density at radius 1 is 0.422 bits per heavy atom. The van der Waals surface area contributed by atoms with Gasteiger partial charge in [0.05, 0.1) is 27.6 Å². The van der Waals surface area contributed by atoms with Gasteiger partial charge in [-0.05, 0) is 52.6 Å². The Labute approximate surface area is 258 Å². The van der Waals surface area contributed by atoms with Gasteiger partial charge in [0.2, 0.25) is 0 Å². The first kappa shape index (κ1) is 24.4. The van der Waals surface area contributed by atoms with E-state index in [4.69, 9.17) is 9.98 Å². The van der Waals surface area contributed by atoms with Crippen LogP contribution in [0.25, 0.3) is 66.3 Å². The Hall–Kier alpha value is -6.06. The molecule has 3 heterocycles. The molecule has 2 aliphatic rings. The van der Waals surface area contributed by atoms with Gasteiger partial charge in [-0.1, -0.05) is 115 Å². The zero-order valence-electron chi connectivity index (χ0n) is 24.3. The minimum Gasteiger partial charge on any atom is -0.354 e. The summed E-state index contributed by atoms with van der Waals surface area (Å²) in [6.07, 6.45) is 0. The number of H-pyrrole nitrogens is 1. The number of benzene rings is 7. The van der Waals surface area contributed by atoms with Gasteiger partial charge in [0.15, 0.2) is 0 Å². The van der Waals surface area contributed by atoms with Crippen LogP contribution in [0.3, 0.4) is 0 Å². The molecule has 0 aliphatic carbocycles. The zero-order valence-corrected chi connectivity index (χ0v) is 24.3. The predicted molar refractivity (Wildman–Crippen MR) is 183 cm³/mol. The third-order valence-corrected chi connectivity index (χ3v) is 9.34. The van der Waals surface area contributed by atoms with Gasteiger partial charge in [-0.15, -0.1) is 0 Å². The van der Waals surface area contributed by atoms with Crippen LogP contribution in [0.2, 0.25) is 0 Å². The molecule has 0 saturated heterocycles. The average Bonchev–Trinajstić information content (AvgIpc) is 3.79. The molecule has 0 amide bonds. The predicted octanol–water partition coefficient (Wildman–Crippen LogP) is 9.81. The summed E-state index contributed by atoms with van der Waals surface area (Å²) in [7, 11) is 0. The van der Waals surface area contributed by atoms with Crippen LogP contribution in [0.15, 0.2) is 156 Å². The van der Waals surface area contributed by atoms with Gasteiger partial charge in [-0.25, -0.2) is 9.98 Å². The average molecular weight is 572 g/mol. The van der Waals surface area contributed by atoms with Gasteiger partial charge in [0.25, 0.3) is 0 Å². The van der Waals surface area contributed by atoms with E-state index < -0.39 is 0 Å². The fourth-order valence-electron chi connectivity index (χ4n) is 7.41. The minimum absolute atomic E-state index is 0.967. The highest BCUT2D eigenvalue weighted by Gasteiger charge is 2.30. The summed E-state index contributed by atoms with van der Waals surface area (Å²) in [6.45, 7) is 0. The van der Waals surface area contributed by atoms with Crippen molar-refractivity contribution < 1.29 is 0 Å². The molecule has 0 spiro atoms. The second kappa shape index (κ2) is 9.22. The molecule has 208 valence electrons. The van der Waals surface area contributed by atoms with E-state index in [-0.39, 0.29) is 0 Å². The maximum Gasteiger partial charge on any atom is 0.0817 e. The van der Waals surface area contributed by atoms with Crippen molar-refractivity contribution in [3.05, 3.63) is 167 Å². The van der Waals surface area contributed by atoms with E-state index in [1.165, 1.54) is 32.7 Å². The minimum atomic E-state index is 0.967. The molecule has 8 aromatic rings. The van der Waals surface area contributed by atoms with Crippen LogP contribution < -0.4 is 10.7 Å². The molecule has 0 saturated carbocycles. The van der Waals surface area contributed by atoms with Crippen molar-refractivity contribution in [2.24, 2.45) is 9.98 Å². The van der Waals surface area contributed by atoms with Gasteiger partial charge >= 0.3 is 0 Å². The SMILES string of the molecule is c1ccc(-c2cc3c(c(-c4cccc5c4[nH]c4ccccc45)c2-c2ccccc2)-c2c4c(ccc2=N3)=c2ccccc2=N4)cc1. The van der Waals surface area contributed by atoms with E-state index in [1.54, 1.807) is 0 Å². The highest BCUT2D eigenvalue weighted by Crippen LogP contribution is 2.54. The summed E-state index contributed by atoms with van der Waals surface area (Å²) in [4.78, 5) is 14.4. The Morgan fingerprint density at radius 2 is 1.16 bits per heavy atom. The molecule has 0 radical (unpaired) electrons. The Bertz CT molecular complexity index is 2740. The molecule has 0 fully saturated rings. The molecule has 0 bridgehead atoms. The number of hydrogen-bond acceptors (Lipinski definition) is 2. The first-order valence-electron chi connectivity index (χ1n) is 15.4. The molecule has 3 nitrogen and oxygen atoms in total. The third-order valence-electron chi connectivity index (χ3n) is 9.34. The maximum atomic E-state index is 5.32. The lowest BCUT2D eigenvalue weighted by molar-refractivity contribution is 1.36. The number of aromatic amines is 1. The standard InChI is InChI=1S/C42H25N3/c1-3-12-25(13-4-1)32-24-36-39(40-35(43-36)23-22-30-28-17-8-10-21-34(28)45-42(30)40)38(37(32)26-14-5-2-6-15-26)31-19-11-18-29-27-16-7-9-20-33(27)44-41(29)31/h1-24,44H. The van der Waals surface area contributed by atoms with Crippen LogP contribution in [0, 0.1) is 10.4 Å². The number of rotatable bonds is 3.